The van der Waals surface area contributed by atoms with E-state index in [-0.39, 0.29) is 6.10 Å². The van der Waals surface area contributed by atoms with Crippen molar-refractivity contribution in [3.8, 4) is 0 Å². The smallest absolute Gasteiger partial charge is 0.0898 e. The van der Waals surface area contributed by atoms with E-state index in [1.165, 1.54) is 24.0 Å². The maximum atomic E-state index is 9.89. The van der Waals surface area contributed by atoms with Gasteiger partial charge in [-0.15, -0.1) is 0 Å². The third-order valence-corrected chi connectivity index (χ3v) is 3.59. The first-order chi connectivity index (χ1) is 9.16. The number of aryl methyl sites for hydroxylation is 1. The number of hydrogen-bond donors (Lipinski definition) is 2. The Balaban J connectivity index is 1.84. The van der Waals surface area contributed by atoms with Crippen LogP contribution in [0.1, 0.15) is 43.9 Å². The fraction of sp³-hybridized carbons (Fsp3) is 0.625. The molecule has 1 aliphatic carbocycles. The Labute approximate surface area is 116 Å². The number of hydrogen-bond acceptors (Lipinski definition) is 3. The standard InChI is InChI=1S/C16H25NO2/c1-12(2)19-11-14(18)10-17-16-9-5-7-13-6-3-4-8-15(13)16/h3-4,6,8,12,14,16-18H,5,7,9-11H2,1-2H3. The molecule has 3 nitrogen and oxygen atoms in total. The molecular weight excluding hydrogens is 238 g/mol. The maximum Gasteiger partial charge on any atom is 0.0898 e. The van der Waals surface area contributed by atoms with E-state index in [9.17, 15) is 5.11 Å². The SMILES string of the molecule is CC(C)OCC(O)CNC1CCCc2ccccc21. The second-order valence-corrected chi connectivity index (χ2v) is 5.59. The van der Waals surface area contributed by atoms with Gasteiger partial charge in [0, 0.05) is 12.6 Å². The molecule has 1 aromatic carbocycles. The molecule has 0 bridgehead atoms. The van der Waals surface area contributed by atoms with Crippen molar-refractivity contribution in [1.29, 1.82) is 0 Å². The number of benzene rings is 1. The number of fused-ring (bicyclic) bond motifs is 1. The summed E-state index contributed by atoms with van der Waals surface area (Å²) in [5.41, 5.74) is 2.84. The van der Waals surface area contributed by atoms with Gasteiger partial charge in [-0.1, -0.05) is 24.3 Å². The summed E-state index contributed by atoms with van der Waals surface area (Å²) in [5.74, 6) is 0. The van der Waals surface area contributed by atoms with Crippen LogP contribution in [0.15, 0.2) is 24.3 Å². The van der Waals surface area contributed by atoms with Crippen LogP contribution < -0.4 is 5.32 Å². The molecule has 0 spiro atoms. The van der Waals surface area contributed by atoms with Crippen molar-refractivity contribution < 1.29 is 9.84 Å². The zero-order valence-electron chi connectivity index (χ0n) is 11.9. The zero-order valence-corrected chi connectivity index (χ0v) is 11.9. The average molecular weight is 263 g/mol. The van der Waals surface area contributed by atoms with E-state index in [2.05, 4.69) is 29.6 Å². The van der Waals surface area contributed by atoms with Crippen LogP contribution in [0, 0.1) is 0 Å². The molecule has 0 saturated carbocycles. The van der Waals surface area contributed by atoms with Crippen molar-refractivity contribution in [2.24, 2.45) is 0 Å². The first kappa shape index (κ1) is 14.5. The Hall–Kier alpha value is -0.900. The van der Waals surface area contributed by atoms with Crippen molar-refractivity contribution in [3.05, 3.63) is 35.4 Å². The van der Waals surface area contributed by atoms with Crippen LogP contribution in [0.4, 0.5) is 0 Å². The van der Waals surface area contributed by atoms with Crippen LogP contribution >= 0.6 is 0 Å². The molecule has 2 N–H and O–H groups in total. The first-order valence-electron chi connectivity index (χ1n) is 7.27. The van der Waals surface area contributed by atoms with Crippen molar-refractivity contribution in [1.82, 2.24) is 5.32 Å². The van der Waals surface area contributed by atoms with Crippen LogP contribution in [-0.4, -0.2) is 30.5 Å². The third kappa shape index (κ3) is 4.30. The molecule has 106 valence electrons. The highest BCUT2D eigenvalue weighted by Gasteiger charge is 2.19. The molecule has 2 rings (SSSR count). The Morgan fingerprint density at radius 1 is 1.37 bits per heavy atom. The maximum absolute atomic E-state index is 9.89. The van der Waals surface area contributed by atoms with Gasteiger partial charge in [-0.3, -0.25) is 0 Å². The summed E-state index contributed by atoms with van der Waals surface area (Å²) < 4.78 is 5.42. The largest absolute Gasteiger partial charge is 0.389 e. The van der Waals surface area contributed by atoms with Gasteiger partial charge in [0.15, 0.2) is 0 Å². The molecule has 0 radical (unpaired) electrons. The predicted molar refractivity (Wildman–Crippen MR) is 77.2 cm³/mol. The molecule has 2 unspecified atom stereocenters. The highest BCUT2D eigenvalue weighted by atomic mass is 16.5. The van der Waals surface area contributed by atoms with Gasteiger partial charge in [0.2, 0.25) is 0 Å². The van der Waals surface area contributed by atoms with E-state index in [1.54, 1.807) is 0 Å². The van der Waals surface area contributed by atoms with Crippen molar-refractivity contribution in [2.75, 3.05) is 13.2 Å². The van der Waals surface area contributed by atoms with E-state index in [0.29, 0.717) is 19.2 Å². The van der Waals surface area contributed by atoms with Crippen LogP contribution in [0.25, 0.3) is 0 Å². The quantitative estimate of drug-likeness (QED) is 0.828. The molecule has 0 saturated heterocycles. The van der Waals surface area contributed by atoms with E-state index < -0.39 is 6.10 Å². The fourth-order valence-corrected chi connectivity index (χ4v) is 2.61. The van der Waals surface area contributed by atoms with Gasteiger partial charge < -0.3 is 15.2 Å². The topological polar surface area (TPSA) is 41.5 Å². The summed E-state index contributed by atoms with van der Waals surface area (Å²) in [6.45, 7) is 4.96. The molecular formula is C16H25NO2. The Bertz CT molecular complexity index is 392. The van der Waals surface area contributed by atoms with Gasteiger partial charge in [-0.2, -0.15) is 0 Å². The Kier molecular flexibility index (Phi) is 5.37. The summed E-state index contributed by atoms with van der Waals surface area (Å²) in [7, 11) is 0. The normalized spacial score (nSPS) is 20.3. The van der Waals surface area contributed by atoms with Gasteiger partial charge in [0.25, 0.3) is 0 Å². The number of rotatable bonds is 6. The molecule has 0 fully saturated rings. The highest BCUT2D eigenvalue weighted by Crippen LogP contribution is 2.29. The molecule has 0 aliphatic heterocycles. The molecule has 0 aromatic heterocycles. The van der Waals surface area contributed by atoms with Crippen molar-refractivity contribution in [2.45, 2.75) is 51.4 Å². The first-order valence-corrected chi connectivity index (χ1v) is 7.27. The third-order valence-electron chi connectivity index (χ3n) is 3.59. The van der Waals surface area contributed by atoms with Gasteiger partial charge in [-0.25, -0.2) is 0 Å². The Morgan fingerprint density at radius 3 is 2.95 bits per heavy atom. The van der Waals surface area contributed by atoms with Crippen LogP contribution in [0.5, 0.6) is 0 Å². The molecule has 3 heteroatoms. The number of aliphatic hydroxyl groups excluding tert-OH is 1. The lowest BCUT2D eigenvalue weighted by Gasteiger charge is -2.27. The lowest BCUT2D eigenvalue weighted by Crippen LogP contribution is -2.35. The summed E-state index contributed by atoms with van der Waals surface area (Å²) in [5, 5.41) is 13.4. The zero-order chi connectivity index (χ0) is 13.7. The lowest BCUT2D eigenvalue weighted by molar-refractivity contribution is 0.00524. The van der Waals surface area contributed by atoms with Crippen molar-refractivity contribution >= 4 is 0 Å². The second kappa shape index (κ2) is 7.04. The molecule has 1 aliphatic rings. The van der Waals surface area contributed by atoms with E-state index >= 15 is 0 Å². The lowest BCUT2D eigenvalue weighted by atomic mass is 9.88. The molecule has 0 amide bonds. The number of ether oxygens (including phenoxy) is 1. The predicted octanol–water partition coefficient (Wildman–Crippen LogP) is 2.44. The minimum Gasteiger partial charge on any atom is -0.389 e. The summed E-state index contributed by atoms with van der Waals surface area (Å²) in [6.07, 6.45) is 3.27. The average Bonchev–Trinajstić information content (AvgIpc) is 2.42. The molecule has 1 aromatic rings. The summed E-state index contributed by atoms with van der Waals surface area (Å²) in [4.78, 5) is 0. The second-order valence-electron chi connectivity index (χ2n) is 5.59. The van der Waals surface area contributed by atoms with E-state index in [1.807, 2.05) is 13.8 Å². The minimum atomic E-state index is -0.434. The number of nitrogens with one attached hydrogen (secondary N) is 1. The Morgan fingerprint density at radius 2 is 2.16 bits per heavy atom. The van der Waals surface area contributed by atoms with Crippen LogP contribution in [0.2, 0.25) is 0 Å². The van der Waals surface area contributed by atoms with Crippen LogP contribution in [-0.2, 0) is 11.2 Å². The monoisotopic (exact) mass is 263 g/mol. The molecule has 0 heterocycles. The molecule has 19 heavy (non-hydrogen) atoms. The number of aliphatic hydroxyl groups is 1. The minimum absolute atomic E-state index is 0.171. The summed E-state index contributed by atoms with van der Waals surface area (Å²) >= 11 is 0. The van der Waals surface area contributed by atoms with Crippen LogP contribution in [0.3, 0.4) is 0 Å². The van der Waals surface area contributed by atoms with Gasteiger partial charge in [0.1, 0.15) is 0 Å². The molecule has 2 atom stereocenters. The fourth-order valence-electron chi connectivity index (χ4n) is 2.61. The van der Waals surface area contributed by atoms with Crippen molar-refractivity contribution in [3.63, 3.8) is 0 Å². The van der Waals surface area contributed by atoms with Gasteiger partial charge in [0.05, 0.1) is 18.8 Å². The van der Waals surface area contributed by atoms with Gasteiger partial charge in [-0.05, 0) is 44.2 Å². The van der Waals surface area contributed by atoms with E-state index in [4.69, 9.17) is 4.74 Å². The van der Waals surface area contributed by atoms with Gasteiger partial charge >= 0.3 is 0 Å². The van der Waals surface area contributed by atoms with E-state index in [0.717, 1.165) is 6.42 Å². The highest BCUT2D eigenvalue weighted by molar-refractivity contribution is 5.32. The summed E-state index contributed by atoms with van der Waals surface area (Å²) in [6, 6.07) is 8.98.